The van der Waals surface area contributed by atoms with Gasteiger partial charge in [-0.05, 0) is 54.3 Å². The van der Waals surface area contributed by atoms with Crippen LogP contribution >= 0.6 is 24.0 Å². The summed E-state index contributed by atoms with van der Waals surface area (Å²) in [5, 5.41) is 10.9. The molecule has 1 heterocycles. The summed E-state index contributed by atoms with van der Waals surface area (Å²) in [5.74, 6) is 0.453. The summed E-state index contributed by atoms with van der Waals surface area (Å²) in [4.78, 5) is 15.7. The van der Waals surface area contributed by atoms with Crippen molar-refractivity contribution in [1.29, 1.82) is 0 Å². The lowest BCUT2D eigenvalue weighted by molar-refractivity contribution is 0.0600. The predicted octanol–water partition coefficient (Wildman–Crippen LogP) is 3.23. The van der Waals surface area contributed by atoms with Crippen molar-refractivity contribution < 1.29 is 9.53 Å². The first-order chi connectivity index (χ1) is 14.7. The first-order valence-electron chi connectivity index (χ1n) is 9.90. The minimum Gasteiger partial charge on any atom is -0.465 e. The minimum atomic E-state index is -0.319. The topological polar surface area (TPSA) is 80.5 Å². The van der Waals surface area contributed by atoms with E-state index in [0.717, 1.165) is 43.1 Å². The number of aliphatic imine (C=N–C) groups is 1. The maximum Gasteiger partial charge on any atom is 0.337 e. The monoisotopic (exact) mass is 533 g/mol. The van der Waals surface area contributed by atoms with E-state index in [1.807, 2.05) is 29.1 Å². The molecule has 0 saturated heterocycles. The average molecular weight is 533 g/mol. The van der Waals surface area contributed by atoms with Crippen LogP contribution < -0.4 is 10.6 Å². The van der Waals surface area contributed by atoms with Crippen LogP contribution in [0.1, 0.15) is 21.5 Å². The summed E-state index contributed by atoms with van der Waals surface area (Å²) in [7, 11) is 3.15. The van der Waals surface area contributed by atoms with E-state index < -0.39 is 0 Å². The van der Waals surface area contributed by atoms with Gasteiger partial charge in [0.25, 0.3) is 0 Å². The van der Waals surface area contributed by atoms with Crippen LogP contribution in [0.4, 0.5) is 0 Å². The molecule has 1 aromatic heterocycles. The van der Waals surface area contributed by atoms with Crippen molar-refractivity contribution in [2.45, 2.75) is 12.8 Å². The zero-order chi connectivity index (χ0) is 21.2. The third-order valence-electron chi connectivity index (χ3n) is 4.72. The van der Waals surface area contributed by atoms with Crippen LogP contribution in [-0.4, -0.2) is 49.0 Å². The maximum atomic E-state index is 11.5. The third-order valence-corrected chi connectivity index (χ3v) is 4.72. The van der Waals surface area contributed by atoms with E-state index >= 15 is 0 Å². The smallest absolute Gasteiger partial charge is 0.337 e. The Morgan fingerprint density at radius 3 is 2.06 bits per heavy atom. The molecule has 0 fully saturated rings. The Hall–Kier alpha value is -2.88. The Labute approximate surface area is 199 Å². The number of halogens is 1. The third kappa shape index (κ3) is 7.39. The van der Waals surface area contributed by atoms with Crippen molar-refractivity contribution in [2.75, 3.05) is 27.2 Å². The SMILES string of the molecule is CN=C(NCCc1ccc(C(=O)OC)cc1)NCCc1ccc(-n2cccn2)cc1.I. The molecular formula is C23H28IN5O2. The molecule has 2 aromatic carbocycles. The molecule has 2 N–H and O–H groups in total. The van der Waals surface area contributed by atoms with Crippen molar-refractivity contribution in [3.8, 4) is 5.69 Å². The molecule has 0 saturated carbocycles. The zero-order valence-electron chi connectivity index (χ0n) is 17.7. The van der Waals surface area contributed by atoms with Gasteiger partial charge >= 0.3 is 5.97 Å². The molecule has 0 amide bonds. The van der Waals surface area contributed by atoms with Crippen LogP contribution in [0.5, 0.6) is 0 Å². The quantitative estimate of drug-likeness (QED) is 0.201. The number of hydrogen-bond acceptors (Lipinski definition) is 4. The van der Waals surface area contributed by atoms with Gasteiger partial charge in [0.15, 0.2) is 5.96 Å². The summed E-state index contributed by atoms with van der Waals surface area (Å²) >= 11 is 0. The van der Waals surface area contributed by atoms with Crippen molar-refractivity contribution in [3.63, 3.8) is 0 Å². The Morgan fingerprint density at radius 2 is 1.58 bits per heavy atom. The molecule has 8 heteroatoms. The Morgan fingerprint density at radius 1 is 1.00 bits per heavy atom. The number of ether oxygens (including phenoxy) is 1. The van der Waals surface area contributed by atoms with Crippen molar-refractivity contribution in [3.05, 3.63) is 83.7 Å². The number of benzene rings is 2. The molecule has 0 atom stereocenters. The Balaban J connectivity index is 0.00000341. The number of aromatic nitrogens is 2. The van der Waals surface area contributed by atoms with Gasteiger partial charge in [0, 0.05) is 32.5 Å². The number of nitrogens with one attached hydrogen (secondary N) is 2. The first-order valence-corrected chi connectivity index (χ1v) is 9.90. The van der Waals surface area contributed by atoms with Gasteiger partial charge in [0.1, 0.15) is 0 Å². The fourth-order valence-electron chi connectivity index (χ4n) is 3.03. The number of carbonyl (C=O) groups is 1. The summed E-state index contributed by atoms with van der Waals surface area (Å²) in [6.07, 6.45) is 5.43. The lowest BCUT2D eigenvalue weighted by Crippen LogP contribution is -2.39. The van der Waals surface area contributed by atoms with Gasteiger partial charge in [-0.15, -0.1) is 24.0 Å². The van der Waals surface area contributed by atoms with Gasteiger partial charge in [0.05, 0.1) is 18.4 Å². The molecule has 0 bridgehead atoms. The van der Waals surface area contributed by atoms with Gasteiger partial charge in [0.2, 0.25) is 0 Å². The summed E-state index contributed by atoms with van der Waals surface area (Å²) in [5.41, 5.74) is 4.00. The van der Waals surface area contributed by atoms with Crippen molar-refractivity contribution in [2.24, 2.45) is 4.99 Å². The van der Waals surface area contributed by atoms with E-state index in [9.17, 15) is 4.79 Å². The van der Waals surface area contributed by atoms with Crippen molar-refractivity contribution in [1.82, 2.24) is 20.4 Å². The fourth-order valence-corrected chi connectivity index (χ4v) is 3.03. The number of esters is 1. The molecule has 0 aliphatic heterocycles. The lowest BCUT2D eigenvalue weighted by Gasteiger charge is -2.12. The van der Waals surface area contributed by atoms with Crippen molar-refractivity contribution >= 4 is 35.9 Å². The van der Waals surface area contributed by atoms with E-state index in [4.69, 9.17) is 4.74 Å². The highest BCUT2D eigenvalue weighted by molar-refractivity contribution is 14.0. The number of methoxy groups -OCH3 is 1. The highest BCUT2D eigenvalue weighted by atomic mass is 127. The molecule has 3 aromatic rings. The summed E-state index contributed by atoms with van der Waals surface area (Å²) < 4.78 is 6.56. The second-order valence-corrected chi connectivity index (χ2v) is 6.73. The second-order valence-electron chi connectivity index (χ2n) is 6.73. The lowest BCUT2D eigenvalue weighted by atomic mass is 10.1. The van der Waals surface area contributed by atoms with E-state index in [-0.39, 0.29) is 29.9 Å². The molecule has 164 valence electrons. The Bertz CT molecular complexity index is 955. The number of nitrogens with zero attached hydrogens (tertiary/aromatic N) is 3. The van der Waals surface area contributed by atoms with Gasteiger partial charge < -0.3 is 15.4 Å². The highest BCUT2D eigenvalue weighted by Gasteiger charge is 2.04. The number of hydrogen-bond donors (Lipinski definition) is 2. The normalized spacial score (nSPS) is 10.8. The molecule has 7 nitrogen and oxygen atoms in total. The van der Waals surface area contributed by atoms with Gasteiger partial charge in [-0.2, -0.15) is 5.10 Å². The minimum absolute atomic E-state index is 0. The largest absolute Gasteiger partial charge is 0.465 e. The molecular weight excluding hydrogens is 505 g/mol. The molecule has 0 aliphatic rings. The summed E-state index contributed by atoms with van der Waals surface area (Å²) in [6.45, 7) is 1.53. The zero-order valence-corrected chi connectivity index (χ0v) is 20.1. The maximum absolute atomic E-state index is 11.5. The standard InChI is InChI=1S/C23H27N5O2.HI/c1-24-23(25-15-12-18-4-8-20(9-5-18)22(29)30-2)26-16-13-19-6-10-21(11-7-19)28-17-3-14-27-28;/h3-11,14,17H,12-13,15-16H2,1-2H3,(H2,24,25,26);1H. The van der Waals surface area contributed by atoms with Gasteiger partial charge in [-0.3, -0.25) is 4.99 Å². The molecule has 3 rings (SSSR count). The average Bonchev–Trinajstić information content (AvgIpc) is 3.33. The van der Waals surface area contributed by atoms with E-state index in [2.05, 4.69) is 45.0 Å². The van der Waals surface area contributed by atoms with Crippen LogP contribution in [0, 0.1) is 0 Å². The fraction of sp³-hybridized carbons (Fsp3) is 0.261. The van der Waals surface area contributed by atoms with Crippen LogP contribution in [0.2, 0.25) is 0 Å². The van der Waals surface area contributed by atoms with Crippen LogP contribution in [0.15, 0.2) is 72.0 Å². The van der Waals surface area contributed by atoms with E-state index in [0.29, 0.717) is 5.56 Å². The molecule has 0 unspecified atom stereocenters. The van der Waals surface area contributed by atoms with Gasteiger partial charge in [-0.1, -0.05) is 24.3 Å². The molecule has 0 spiro atoms. The number of rotatable bonds is 8. The molecule has 0 aliphatic carbocycles. The number of carbonyl (C=O) groups excluding carboxylic acids is 1. The molecule has 31 heavy (non-hydrogen) atoms. The Kier molecular flexibility index (Phi) is 10.0. The van der Waals surface area contributed by atoms with Crippen LogP contribution in [0.3, 0.4) is 0 Å². The first kappa shape index (κ1) is 24.4. The molecule has 0 radical (unpaired) electrons. The summed E-state index contributed by atoms with van der Waals surface area (Å²) in [6, 6.07) is 17.7. The van der Waals surface area contributed by atoms with Crippen LogP contribution in [0.25, 0.3) is 5.69 Å². The van der Waals surface area contributed by atoms with Gasteiger partial charge in [-0.25, -0.2) is 9.48 Å². The highest BCUT2D eigenvalue weighted by Crippen LogP contribution is 2.09. The van der Waals surface area contributed by atoms with E-state index in [1.54, 1.807) is 25.4 Å². The van der Waals surface area contributed by atoms with Crippen LogP contribution in [-0.2, 0) is 17.6 Å². The van der Waals surface area contributed by atoms with E-state index in [1.165, 1.54) is 12.7 Å². The predicted molar refractivity (Wildman–Crippen MR) is 134 cm³/mol. The second kappa shape index (κ2) is 12.7. The number of guanidine groups is 1.